The predicted octanol–water partition coefficient (Wildman–Crippen LogP) is 6.12. The largest absolute Gasteiger partial charge is 0.505 e. The third-order valence-electron chi connectivity index (χ3n) is 7.07. The van der Waals surface area contributed by atoms with Gasteiger partial charge in [0.25, 0.3) is 5.78 Å². The number of aliphatic hydroxyl groups excluding tert-OH is 1. The van der Waals surface area contributed by atoms with Gasteiger partial charge in [0, 0.05) is 11.9 Å². The first kappa shape index (κ1) is 27.7. The first-order chi connectivity index (χ1) is 20.4. The highest BCUT2D eigenvalue weighted by atomic mass is 32.2. The third kappa shape index (κ3) is 4.94. The number of amides is 1. The number of hydrogen-bond donors (Lipinski definition) is 1. The number of rotatable bonds is 8. The molecule has 0 saturated carbocycles. The zero-order chi connectivity index (χ0) is 29.4. The number of fused-ring (bicyclic) bond motifs is 1. The van der Waals surface area contributed by atoms with Crippen LogP contribution >= 0.6 is 23.1 Å². The van der Waals surface area contributed by atoms with Crippen molar-refractivity contribution < 1.29 is 19.4 Å². The van der Waals surface area contributed by atoms with Gasteiger partial charge in [-0.25, -0.2) is 4.98 Å². The van der Waals surface area contributed by atoms with E-state index in [-0.39, 0.29) is 22.2 Å². The summed E-state index contributed by atoms with van der Waals surface area (Å²) in [5, 5.41) is 20.5. The minimum Gasteiger partial charge on any atom is -0.505 e. The number of hydrogen-bond acceptors (Lipinski definition) is 9. The summed E-state index contributed by atoms with van der Waals surface area (Å²) in [6.45, 7) is 6.13. The highest BCUT2D eigenvalue weighted by Gasteiger charge is 2.48. The Morgan fingerprint density at radius 3 is 2.50 bits per heavy atom. The van der Waals surface area contributed by atoms with Crippen molar-refractivity contribution in [2.45, 2.75) is 36.9 Å². The molecule has 0 radical (unpaired) electrons. The van der Waals surface area contributed by atoms with Crippen LogP contribution in [-0.4, -0.2) is 43.0 Å². The standard InChI is InChI=1S/C31H27N5O4S2/c1-4-40-22-14-12-21(13-15-22)25-23(26(37)24-19(3)35-16-8-9-18(2)28(35)32-24)27(38)29(39)36(25)30-33-34-31(42-30)41-17-20-10-6-5-7-11-20/h5-16,25,37H,4,17H2,1-3H3/b26-23+. The molecule has 1 N–H and O–H groups in total. The topological polar surface area (TPSA) is 110 Å². The van der Waals surface area contributed by atoms with E-state index in [1.165, 1.54) is 28.0 Å². The molecule has 11 heteroatoms. The molecular weight excluding hydrogens is 571 g/mol. The molecule has 1 aliphatic heterocycles. The lowest BCUT2D eigenvalue weighted by molar-refractivity contribution is -0.132. The number of nitrogens with zero attached hydrogens (tertiary/aromatic N) is 5. The Kier molecular flexibility index (Phi) is 7.53. The lowest BCUT2D eigenvalue weighted by Crippen LogP contribution is -2.29. The van der Waals surface area contributed by atoms with E-state index >= 15 is 0 Å². The second-order valence-electron chi connectivity index (χ2n) is 9.73. The smallest absolute Gasteiger partial charge is 0.301 e. The summed E-state index contributed by atoms with van der Waals surface area (Å²) in [5.74, 6) is -0.598. The predicted molar refractivity (Wildman–Crippen MR) is 163 cm³/mol. The number of benzene rings is 2. The zero-order valence-electron chi connectivity index (χ0n) is 23.1. The number of aromatic nitrogens is 4. The molecule has 0 bridgehead atoms. The maximum absolute atomic E-state index is 13.7. The summed E-state index contributed by atoms with van der Waals surface area (Å²) >= 11 is 2.73. The molecule has 0 spiro atoms. The zero-order valence-corrected chi connectivity index (χ0v) is 24.8. The van der Waals surface area contributed by atoms with E-state index in [9.17, 15) is 14.7 Å². The second-order valence-corrected chi connectivity index (χ2v) is 11.9. The summed E-state index contributed by atoms with van der Waals surface area (Å²) in [6.07, 6.45) is 1.85. The molecule has 3 aromatic heterocycles. The van der Waals surface area contributed by atoms with Crippen LogP contribution in [0.5, 0.6) is 5.75 Å². The number of ketones is 1. The van der Waals surface area contributed by atoms with Crippen molar-refractivity contribution in [2.75, 3.05) is 11.5 Å². The fourth-order valence-corrected chi connectivity index (χ4v) is 6.83. The van der Waals surface area contributed by atoms with Gasteiger partial charge in [0.1, 0.15) is 17.1 Å². The van der Waals surface area contributed by atoms with Crippen molar-refractivity contribution in [2.24, 2.45) is 0 Å². The first-order valence-corrected chi connectivity index (χ1v) is 15.2. The summed E-state index contributed by atoms with van der Waals surface area (Å²) in [6, 6.07) is 20.0. The SMILES string of the molecule is CCOc1ccc(C2/C(=C(\O)c3nc4c(C)cccn4c3C)C(=O)C(=O)N2c2nnc(SCc3ccccc3)s2)cc1. The Morgan fingerprint density at radius 1 is 1.02 bits per heavy atom. The Labute approximate surface area is 250 Å². The number of ether oxygens (including phenoxy) is 1. The van der Waals surface area contributed by atoms with Crippen LogP contribution in [0.15, 0.2) is 82.8 Å². The molecule has 1 saturated heterocycles. The van der Waals surface area contributed by atoms with E-state index in [0.717, 1.165) is 11.1 Å². The Hall–Kier alpha value is -4.48. The van der Waals surface area contributed by atoms with Crippen molar-refractivity contribution in [3.05, 3.63) is 107 Å². The molecule has 4 heterocycles. The van der Waals surface area contributed by atoms with Crippen LogP contribution in [0.3, 0.4) is 0 Å². The number of Topliss-reactive ketones (excluding diaryl/α,β-unsaturated/α-hetero) is 1. The molecule has 1 amide bonds. The van der Waals surface area contributed by atoms with Crippen LogP contribution in [0.2, 0.25) is 0 Å². The fraction of sp³-hybridized carbons (Fsp3) is 0.194. The van der Waals surface area contributed by atoms with Crippen molar-refractivity contribution in [1.29, 1.82) is 0 Å². The first-order valence-electron chi connectivity index (χ1n) is 13.4. The minimum atomic E-state index is -0.939. The van der Waals surface area contributed by atoms with Crippen LogP contribution in [0.4, 0.5) is 5.13 Å². The molecule has 6 rings (SSSR count). The minimum absolute atomic E-state index is 0.0537. The lowest BCUT2D eigenvalue weighted by Gasteiger charge is -2.22. The van der Waals surface area contributed by atoms with E-state index in [2.05, 4.69) is 15.2 Å². The molecule has 1 unspecified atom stereocenters. The van der Waals surface area contributed by atoms with Crippen LogP contribution < -0.4 is 9.64 Å². The van der Waals surface area contributed by atoms with Gasteiger partial charge < -0.3 is 14.2 Å². The van der Waals surface area contributed by atoms with E-state index in [1.54, 1.807) is 24.3 Å². The maximum Gasteiger partial charge on any atom is 0.301 e. The summed E-state index contributed by atoms with van der Waals surface area (Å²) < 4.78 is 8.12. The van der Waals surface area contributed by atoms with Gasteiger partial charge in [0.2, 0.25) is 5.13 Å². The van der Waals surface area contributed by atoms with Crippen molar-refractivity contribution >= 4 is 51.3 Å². The summed E-state index contributed by atoms with van der Waals surface area (Å²) in [7, 11) is 0. The number of carbonyl (C=O) groups is 2. The van der Waals surface area contributed by atoms with Gasteiger partial charge in [-0.05, 0) is 55.7 Å². The summed E-state index contributed by atoms with van der Waals surface area (Å²) in [4.78, 5) is 33.3. The van der Waals surface area contributed by atoms with Gasteiger partial charge in [-0.1, -0.05) is 71.6 Å². The highest BCUT2D eigenvalue weighted by Crippen LogP contribution is 2.44. The van der Waals surface area contributed by atoms with Gasteiger partial charge in [-0.15, -0.1) is 10.2 Å². The second kappa shape index (κ2) is 11.4. The van der Waals surface area contributed by atoms with Gasteiger partial charge >= 0.3 is 5.91 Å². The van der Waals surface area contributed by atoms with Gasteiger partial charge in [-0.2, -0.15) is 0 Å². The molecule has 5 aromatic rings. The van der Waals surface area contributed by atoms with Crippen LogP contribution in [0.25, 0.3) is 11.4 Å². The maximum atomic E-state index is 13.7. The van der Waals surface area contributed by atoms with E-state index in [4.69, 9.17) is 4.74 Å². The number of thioether (sulfide) groups is 1. The normalized spacial score (nSPS) is 16.5. The van der Waals surface area contributed by atoms with E-state index in [1.807, 2.05) is 73.8 Å². The number of aliphatic hydroxyl groups is 1. The summed E-state index contributed by atoms with van der Waals surface area (Å²) in [5.41, 5.74) is 4.16. The molecule has 1 atom stereocenters. The monoisotopic (exact) mass is 597 g/mol. The van der Waals surface area contributed by atoms with E-state index < -0.39 is 17.7 Å². The van der Waals surface area contributed by atoms with Gasteiger partial charge in [0.05, 0.1) is 23.9 Å². The lowest BCUT2D eigenvalue weighted by atomic mass is 9.96. The number of aryl methyl sites for hydroxylation is 2. The van der Waals surface area contributed by atoms with Crippen molar-refractivity contribution in [3.8, 4) is 5.75 Å². The molecule has 9 nitrogen and oxygen atoms in total. The third-order valence-corrected chi connectivity index (χ3v) is 9.19. The molecular formula is C31H27N5O4S2. The average Bonchev–Trinajstić information content (AvgIpc) is 3.68. The molecule has 42 heavy (non-hydrogen) atoms. The van der Waals surface area contributed by atoms with Crippen molar-refractivity contribution in [3.63, 3.8) is 0 Å². The fourth-order valence-electron chi connectivity index (χ4n) is 5.01. The Bertz CT molecular complexity index is 1830. The molecule has 1 fully saturated rings. The number of imidazole rings is 1. The molecule has 1 aliphatic rings. The molecule has 0 aliphatic carbocycles. The number of pyridine rings is 1. The van der Waals surface area contributed by atoms with Gasteiger partial charge in [-0.3, -0.25) is 14.5 Å². The average molecular weight is 598 g/mol. The molecule has 212 valence electrons. The van der Waals surface area contributed by atoms with Gasteiger partial charge in [0.15, 0.2) is 10.1 Å². The van der Waals surface area contributed by atoms with Crippen molar-refractivity contribution in [1.82, 2.24) is 19.6 Å². The molecule has 2 aromatic carbocycles. The number of carbonyl (C=O) groups excluding carboxylic acids is 2. The Balaban J connectivity index is 1.44. The van der Waals surface area contributed by atoms with E-state index in [0.29, 0.717) is 39.4 Å². The van der Waals surface area contributed by atoms with Crippen LogP contribution in [-0.2, 0) is 15.3 Å². The quantitative estimate of drug-likeness (QED) is 0.0749. The number of anilines is 1. The van der Waals surface area contributed by atoms with Crippen LogP contribution in [0, 0.1) is 13.8 Å². The highest BCUT2D eigenvalue weighted by molar-refractivity contribution is 8.00. The Morgan fingerprint density at radius 2 is 1.79 bits per heavy atom. The van der Waals surface area contributed by atoms with Crippen LogP contribution in [0.1, 0.15) is 41.0 Å².